The van der Waals surface area contributed by atoms with Crippen LogP contribution in [0.1, 0.15) is 12.1 Å². The monoisotopic (exact) mass is 403 g/mol. The molecule has 1 fully saturated rings. The van der Waals surface area contributed by atoms with Crippen LogP contribution >= 0.6 is 11.9 Å². The minimum absolute atomic E-state index is 0.185. The summed E-state index contributed by atoms with van der Waals surface area (Å²) in [5, 5.41) is 12.9. The van der Waals surface area contributed by atoms with Crippen molar-refractivity contribution in [2.45, 2.75) is 11.3 Å². The van der Waals surface area contributed by atoms with Crippen molar-refractivity contribution in [2.24, 2.45) is 12.2 Å². The van der Waals surface area contributed by atoms with Gasteiger partial charge in [0.15, 0.2) is 0 Å². The molecule has 2 aromatic rings. The molecule has 0 spiro atoms. The summed E-state index contributed by atoms with van der Waals surface area (Å²) >= 11 is 1.75. The molecule has 1 saturated heterocycles. The quantitative estimate of drug-likeness (QED) is 0.473. The lowest BCUT2D eigenvalue weighted by Gasteiger charge is -2.36. The molecule has 2 aliphatic heterocycles. The molecule has 1 aromatic heterocycles. The maximum absolute atomic E-state index is 13.1. The number of aryl methyl sites for hydroxylation is 1. The molecule has 0 radical (unpaired) electrons. The second kappa shape index (κ2) is 8.55. The van der Waals surface area contributed by atoms with E-state index in [1.54, 1.807) is 11.9 Å². The van der Waals surface area contributed by atoms with E-state index >= 15 is 0 Å². The molecule has 0 bridgehead atoms. The Kier molecular flexibility index (Phi) is 5.89. The molecule has 2 aliphatic rings. The molecule has 0 unspecified atom stereocenters. The van der Waals surface area contributed by atoms with Gasteiger partial charge in [0.2, 0.25) is 0 Å². The highest BCUT2D eigenvalue weighted by molar-refractivity contribution is 7.97. The van der Waals surface area contributed by atoms with Gasteiger partial charge in [0, 0.05) is 51.7 Å². The number of benzene rings is 1. The molecule has 0 atom stereocenters. The van der Waals surface area contributed by atoms with E-state index in [1.807, 2.05) is 29.9 Å². The van der Waals surface area contributed by atoms with Crippen LogP contribution in [0.25, 0.3) is 0 Å². The number of anilines is 1. The lowest BCUT2D eigenvalue weighted by Crippen LogP contribution is -2.47. The number of hydrogen-bond acceptors (Lipinski definition) is 6. The average Bonchev–Trinajstić information content (AvgIpc) is 3.09. The second-order valence-electron chi connectivity index (χ2n) is 7.30. The number of hydrogen-bond donors (Lipinski definition) is 1. The third-order valence-electron chi connectivity index (χ3n) is 5.43. The summed E-state index contributed by atoms with van der Waals surface area (Å²) in [4.78, 5) is 5.95. The van der Waals surface area contributed by atoms with Crippen molar-refractivity contribution in [1.82, 2.24) is 13.8 Å². The van der Waals surface area contributed by atoms with Gasteiger partial charge in [0.1, 0.15) is 11.5 Å². The second-order valence-corrected chi connectivity index (χ2v) is 8.44. The van der Waals surface area contributed by atoms with Gasteiger partial charge < -0.3 is 14.7 Å². The van der Waals surface area contributed by atoms with Crippen molar-refractivity contribution in [1.29, 1.82) is 0 Å². The number of rotatable bonds is 5. The summed E-state index contributed by atoms with van der Waals surface area (Å²) in [6.07, 6.45) is 3.08. The van der Waals surface area contributed by atoms with Crippen LogP contribution in [0.5, 0.6) is 0 Å². The van der Waals surface area contributed by atoms with E-state index < -0.39 is 0 Å². The fourth-order valence-electron chi connectivity index (χ4n) is 3.90. The maximum Gasteiger partial charge on any atom is 0.123 e. The molecule has 3 heterocycles. The Labute approximate surface area is 169 Å². The molecule has 0 saturated carbocycles. The van der Waals surface area contributed by atoms with Crippen LogP contribution in [0.2, 0.25) is 0 Å². The number of piperazine rings is 1. The van der Waals surface area contributed by atoms with Crippen LogP contribution < -0.4 is 4.90 Å². The van der Waals surface area contributed by atoms with E-state index in [0.717, 1.165) is 67.7 Å². The van der Waals surface area contributed by atoms with Gasteiger partial charge in [0.25, 0.3) is 0 Å². The maximum atomic E-state index is 13.1. The Morgan fingerprint density at radius 2 is 1.82 bits per heavy atom. The van der Waals surface area contributed by atoms with E-state index in [1.165, 1.54) is 12.1 Å². The summed E-state index contributed by atoms with van der Waals surface area (Å²) < 4.78 is 17.4. The van der Waals surface area contributed by atoms with Crippen molar-refractivity contribution in [3.8, 4) is 0 Å². The van der Waals surface area contributed by atoms with Crippen LogP contribution in [0, 0.1) is 5.82 Å². The highest BCUT2D eigenvalue weighted by Gasteiger charge is 2.26. The van der Waals surface area contributed by atoms with Crippen LogP contribution in [0.3, 0.4) is 0 Å². The van der Waals surface area contributed by atoms with Crippen molar-refractivity contribution in [3.63, 3.8) is 0 Å². The minimum atomic E-state index is -0.185. The number of halogens is 1. The van der Waals surface area contributed by atoms with Crippen molar-refractivity contribution in [2.75, 3.05) is 50.7 Å². The van der Waals surface area contributed by atoms with Gasteiger partial charge in [-0.05, 0) is 55.2 Å². The van der Waals surface area contributed by atoms with Crippen LogP contribution in [0.15, 0.2) is 46.6 Å². The van der Waals surface area contributed by atoms with Crippen molar-refractivity contribution in [3.05, 3.63) is 48.0 Å². The standard InChI is InChI=1S/C20H26FN5OS/c1-23-10-7-19-20(23)18(22-27)15-26(28-19)9-2-8-24-11-13-25(14-12-24)17-5-3-16(21)4-6-17/h3-7,10,27H,2,8-9,11-15H2,1H3/b22-18+. The number of fused-ring (bicyclic) bond motifs is 1. The first-order valence-corrected chi connectivity index (χ1v) is 10.4. The zero-order valence-corrected chi connectivity index (χ0v) is 16.9. The molecule has 4 rings (SSSR count). The minimum Gasteiger partial charge on any atom is -0.411 e. The topological polar surface area (TPSA) is 47.2 Å². The molecule has 1 N–H and O–H groups in total. The van der Waals surface area contributed by atoms with Crippen LogP contribution in [0.4, 0.5) is 10.1 Å². The van der Waals surface area contributed by atoms with Gasteiger partial charge in [-0.25, -0.2) is 8.70 Å². The molecule has 6 nitrogen and oxygen atoms in total. The molecule has 28 heavy (non-hydrogen) atoms. The van der Waals surface area contributed by atoms with Crippen LogP contribution in [-0.4, -0.2) is 70.5 Å². The Balaban J connectivity index is 1.23. The van der Waals surface area contributed by atoms with Crippen LogP contribution in [-0.2, 0) is 7.05 Å². The molecule has 150 valence electrons. The van der Waals surface area contributed by atoms with E-state index in [4.69, 9.17) is 0 Å². The van der Waals surface area contributed by atoms with E-state index in [-0.39, 0.29) is 5.82 Å². The first-order chi connectivity index (χ1) is 13.6. The van der Waals surface area contributed by atoms with Gasteiger partial charge >= 0.3 is 0 Å². The predicted molar refractivity (Wildman–Crippen MR) is 111 cm³/mol. The molecule has 0 aliphatic carbocycles. The fraction of sp³-hybridized carbons (Fsp3) is 0.450. The highest BCUT2D eigenvalue weighted by atomic mass is 32.2. The van der Waals surface area contributed by atoms with Gasteiger partial charge in [-0.2, -0.15) is 0 Å². The highest BCUT2D eigenvalue weighted by Crippen LogP contribution is 2.32. The predicted octanol–water partition coefficient (Wildman–Crippen LogP) is 2.88. The Bertz CT molecular complexity index is 830. The average molecular weight is 404 g/mol. The first kappa shape index (κ1) is 19.3. The van der Waals surface area contributed by atoms with E-state index in [9.17, 15) is 9.60 Å². The van der Waals surface area contributed by atoms with E-state index in [2.05, 4.69) is 25.3 Å². The summed E-state index contributed by atoms with van der Waals surface area (Å²) in [7, 11) is 1.98. The Morgan fingerprint density at radius 1 is 1.07 bits per heavy atom. The third-order valence-corrected chi connectivity index (χ3v) is 6.53. The van der Waals surface area contributed by atoms with Gasteiger partial charge in [-0.15, -0.1) is 0 Å². The number of aromatic nitrogens is 1. The molecule has 0 amide bonds. The lowest BCUT2D eigenvalue weighted by molar-refractivity contribution is 0.249. The summed E-state index contributed by atoms with van der Waals surface area (Å²) in [5.41, 5.74) is 2.84. The normalized spacial score (nSPS) is 19.9. The molecular formula is C20H26FN5OS. The fourth-order valence-corrected chi connectivity index (χ4v) is 5.05. The zero-order chi connectivity index (χ0) is 19.5. The lowest BCUT2D eigenvalue weighted by atomic mass is 10.2. The molecule has 8 heteroatoms. The number of oxime groups is 1. The Hall–Kier alpha value is -2.03. The summed E-state index contributed by atoms with van der Waals surface area (Å²) in [5.74, 6) is -0.185. The SMILES string of the molecule is Cn1ccc2c1/C(=N/O)CN(CCCN1CCN(c3ccc(F)cc3)CC1)S2. The van der Waals surface area contributed by atoms with E-state index in [0.29, 0.717) is 6.54 Å². The summed E-state index contributed by atoms with van der Waals surface area (Å²) in [6.45, 7) is 6.66. The molecular weight excluding hydrogens is 377 g/mol. The summed E-state index contributed by atoms with van der Waals surface area (Å²) in [6, 6.07) is 8.85. The zero-order valence-electron chi connectivity index (χ0n) is 16.1. The molecule has 1 aromatic carbocycles. The largest absolute Gasteiger partial charge is 0.411 e. The van der Waals surface area contributed by atoms with Crippen molar-refractivity contribution < 1.29 is 9.60 Å². The van der Waals surface area contributed by atoms with Gasteiger partial charge in [-0.1, -0.05) is 5.16 Å². The van der Waals surface area contributed by atoms with Gasteiger partial charge in [-0.3, -0.25) is 4.90 Å². The number of nitrogens with zero attached hydrogens (tertiary/aromatic N) is 5. The van der Waals surface area contributed by atoms with Crippen molar-refractivity contribution >= 4 is 23.3 Å². The third kappa shape index (κ3) is 4.19. The smallest absolute Gasteiger partial charge is 0.123 e. The Morgan fingerprint density at radius 3 is 2.54 bits per heavy atom. The first-order valence-electron chi connectivity index (χ1n) is 9.66. The van der Waals surface area contributed by atoms with Gasteiger partial charge in [0.05, 0.1) is 17.1 Å².